The van der Waals surface area contributed by atoms with Crippen LogP contribution in [0.2, 0.25) is 0 Å². The minimum atomic E-state index is -0.654. The van der Waals surface area contributed by atoms with Crippen molar-refractivity contribution in [3.05, 3.63) is 60.4 Å². The van der Waals surface area contributed by atoms with Crippen LogP contribution in [0.25, 0.3) is 11.5 Å². The molecule has 0 spiro atoms. The van der Waals surface area contributed by atoms with Crippen LogP contribution >= 0.6 is 0 Å². The van der Waals surface area contributed by atoms with Crippen LogP contribution in [0.5, 0.6) is 5.75 Å². The summed E-state index contributed by atoms with van der Waals surface area (Å²) in [5.74, 6) is 1.16. The standard InChI is InChI=1S/C23H26N4O5/c1-30-20-8-3-2-7-18(20)26-23(29)25-14-22-19(28)10-9-16(31-22)12-15-13-21(32-27-15)17-6-4-5-11-24-17/h2-8,11,13,16,19,22,28H,9-10,12,14H2,1H3,(H2,25,26,29). The van der Waals surface area contributed by atoms with E-state index in [0.717, 1.165) is 11.4 Å². The number of para-hydroxylation sites is 2. The Morgan fingerprint density at radius 1 is 1.22 bits per heavy atom. The zero-order valence-electron chi connectivity index (χ0n) is 17.7. The summed E-state index contributed by atoms with van der Waals surface area (Å²) in [6.45, 7) is 0.177. The molecule has 1 aliphatic rings. The van der Waals surface area contributed by atoms with Gasteiger partial charge in [-0.15, -0.1) is 0 Å². The highest BCUT2D eigenvalue weighted by atomic mass is 16.5. The molecular weight excluding hydrogens is 412 g/mol. The fourth-order valence-electron chi connectivity index (χ4n) is 3.66. The lowest BCUT2D eigenvalue weighted by Gasteiger charge is -2.33. The third kappa shape index (κ3) is 5.43. The first kappa shape index (κ1) is 21.8. The van der Waals surface area contributed by atoms with Crippen LogP contribution in [-0.2, 0) is 11.2 Å². The predicted octanol–water partition coefficient (Wildman–Crippen LogP) is 3.02. The van der Waals surface area contributed by atoms with E-state index in [1.807, 2.05) is 30.3 Å². The number of aliphatic hydroxyl groups is 1. The van der Waals surface area contributed by atoms with Crippen LogP contribution in [-0.4, -0.2) is 53.2 Å². The van der Waals surface area contributed by atoms with Gasteiger partial charge in [0.1, 0.15) is 17.5 Å². The Hall–Kier alpha value is -3.43. The van der Waals surface area contributed by atoms with E-state index in [9.17, 15) is 9.90 Å². The Morgan fingerprint density at radius 2 is 2.06 bits per heavy atom. The van der Waals surface area contributed by atoms with E-state index in [-0.39, 0.29) is 12.6 Å². The molecule has 0 saturated carbocycles. The van der Waals surface area contributed by atoms with Crippen molar-refractivity contribution in [2.75, 3.05) is 19.0 Å². The highest BCUT2D eigenvalue weighted by Crippen LogP contribution is 2.25. The first-order valence-corrected chi connectivity index (χ1v) is 10.5. The third-order valence-electron chi connectivity index (χ3n) is 5.31. The van der Waals surface area contributed by atoms with E-state index in [2.05, 4.69) is 20.8 Å². The molecule has 1 aromatic carbocycles. The average Bonchev–Trinajstić information content (AvgIpc) is 3.29. The Bertz CT molecular complexity index is 1030. The number of amides is 2. The van der Waals surface area contributed by atoms with E-state index < -0.39 is 18.2 Å². The molecule has 1 aliphatic heterocycles. The monoisotopic (exact) mass is 438 g/mol. The Balaban J connectivity index is 1.30. The lowest BCUT2D eigenvalue weighted by Crippen LogP contribution is -2.47. The van der Waals surface area contributed by atoms with Gasteiger partial charge in [0.15, 0.2) is 5.76 Å². The number of anilines is 1. The highest BCUT2D eigenvalue weighted by Gasteiger charge is 2.31. The molecule has 168 valence electrons. The molecule has 9 nitrogen and oxygen atoms in total. The summed E-state index contributed by atoms with van der Waals surface area (Å²) in [7, 11) is 1.54. The number of ether oxygens (including phenoxy) is 2. The molecule has 3 heterocycles. The fourth-order valence-corrected chi connectivity index (χ4v) is 3.66. The Labute approximate surface area is 185 Å². The molecule has 0 aliphatic carbocycles. The topological polar surface area (TPSA) is 119 Å². The van der Waals surface area contributed by atoms with Crippen LogP contribution < -0.4 is 15.4 Å². The minimum absolute atomic E-state index is 0.135. The lowest BCUT2D eigenvalue weighted by molar-refractivity contribution is -0.113. The van der Waals surface area contributed by atoms with Gasteiger partial charge in [0.05, 0.1) is 30.7 Å². The zero-order chi connectivity index (χ0) is 22.3. The van der Waals surface area contributed by atoms with Crippen LogP contribution in [0.4, 0.5) is 10.5 Å². The van der Waals surface area contributed by atoms with Gasteiger partial charge >= 0.3 is 6.03 Å². The van der Waals surface area contributed by atoms with Crippen molar-refractivity contribution >= 4 is 11.7 Å². The number of rotatable bonds is 7. The van der Waals surface area contributed by atoms with Crippen molar-refractivity contribution in [2.45, 2.75) is 37.6 Å². The quantitative estimate of drug-likeness (QED) is 0.519. The number of aliphatic hydroxyl groups excluding tert-OH is 1. The van der Waals surface area contributed by atoms with Crippen molar-refractivity contribution in [2.24, 2.45) is 0 Å². The molecule has 0 radical (unpaired) electrons. The molecule has 4 rings (SSSR count). The first-order chi connectivity index (χ1) is 15.6. The van der Waals surface area contributed by atoms with Gasteiger partial charge in [-0.1, -0.05) is 23.4 Å². The smallest absolute Gasteiger partial charge is 0.319 e. The van der Waals surface area contributed by atoms with Gasteiger partial charge in [-0.05, 0) is 37.1 Å². The molecule has 2 aromatic heterocycles. The van der Waals surface area contributed by atoms with Crippen molar-refractivity contribution in [1.29, 1.82) is 0 Å². The van der Waals surface area contributed by atoms with E-state index >= 15 is 0 Å². The van der Waals surface area contributed by atoms with E-state index in [0.29, 0.717) is 36.5 Å². The maximum Gasteiger partial charge on any atom is 0.319 e. The van der Waals surface area contributed by atoms with Crippen LogP contribution in [0.1, 0.15) is 18.5 Å². The number of hydrogen-bond acceptors (Lipinski definition) is 7. The van der Waals surface area contributed by atoms with Crippen molar-refractivity contribution in [3.8, 4) is 17.2 Å². The van der Waals surface area contributed by atoms with Crippen LogP contribution in [0, 0.1) is 0 Å². The summed E-state index contributed by atoms with van der Waals surface area (Å²) in [5, 5.41) is 20.0. The number of hydrogen-bond donors (Lipinski definition) is 3. The summed E-state index contributed by atoms with van der Waals surface area (Å²) in [5.41, 5.74) is 2.03. The normalized spacial score (nSPS) is 20.5. The van der Waals surface area contributed by atoms with Crippen LogP contribution in [0.3, 0.4) is 0 Å². The number of pyridine rings is 1. The zero-order valence-corrected chi connectivity index (χ0v) is 17.7. The third-order valence-corrected chi connectivity index (χ3v) is 5.31. The van der Waals surface area contributed by atoms with Gasteiger partial charge in [-0.25, -0.2) is 4.79 Å². The summed E-state index contributed by atoms with van der Waals surface area (Å²) in [4.78, 5) is 16.6. The van der Waals surface area contributed by atoms with Gasteiger partial charge in [0.2, 0.25) is 0 Å². The van der Waals surface area contributed by atoms with E-state index in [1.54, 1.807) is 31.5 Å². The largest absolute Gasteiger partial charge is 0.495 e. The summed E-state index contributed by atoms with van der Waals surface area (Å²) in [6, 6.07) is 14.2. The molecule has 32 heavy (non-hydrogen) atoms. The molecule has 3 aromatic rings. The first-order valence-electron chi connectivity index (χ1n) is 10.5. The molecule has 3 unspecified atom stereocenters. The summed E-state index contributed by atoms with van der Waals surface area (Å²) in [6.07, 6.45) is 2.22. The number of carbonyl (C=O) groups is 1. The SMILES string of the molecule is COc1ccccc1NC(=O)NCC1OC(Cc2cc(-c3ccccn3)on2)CCC1O. The molecule has 1 fully saturated rings. The van der Waals surface area contributed by atoms with Gasteiger partial charge in [0.25, 0.3) is 0 Å². The fraction of sp³-hybridized carbons (Fsp3) is 0.348. The highest BCUT2D eigenvalue weighted by molar-refractivity contribution is 5.90. The lowest BCUT2D eigenvalue weighted by atomic mass is 9.98. The molecule has 2 amide bonds. The molecule has 3 atom stereocenters. The van der Waals surface area contributed by atoms with Crippen molar-refractivity contribution in [3.63, 3.8) is 0 Å². The number of nitrogens with zero attached hydrogens (tertiary/aromatic N) is 2. The molecule has 9 heteroatoms. The average molecular weight is 438 g/mol. The second-order valence-corrected chi connectivity index (χ2v) is 7.58. The maximum atomic E-state index is 12.3. The molecule has 0 bridgehead atoms. The van der Waals surface area contributed by atoms with Gasteiger partial charge in [-0.2, -0.15) is 0 Å². The van der Waals surface area contributed by atoms with Gasteiger partial charge < -0.3 is 29.7 Å². The number of nitrogens with one attached hydrogen (secondary N) is 2. The minimum Gasteiger partial charge on any atom is -0.495 e. The van der Waals surface area contributed by atoms with Crippen molar-refractivity contribution < 1.29 is 23.9 Å². The predicted molar refractivity (Wildman–Crippen MR) is 117 cm³/mol. The summed E-state index contributed by atoms with van der Waals surface area (Å²) >= 11 is 0. The molecular formula is C23H26N4O5. The maximum absolute atomic E-state index is 12.3. The van der Waals surface area contributed by atoms with Gasteiger partial charge in [0, 0.05) is 25.2 Å². The number of benzene rings is 1. The second kappa shape index (κ2) is 10.3. The van der Waals surface area contributed by atoms with E-state index in [4.69, 9.17) is 14.0 Å². The molecule has 3 N–H and O–H groups in total. The van der Waals surface area contributed by atoms with Crippen LogP contribution in [0.15, 0.2) is 59.3 Å². The number of urea groups is 1. The number of methoxy groups -OCH3 is 1. The molecule has 1 saturated heterocycles. The van der Waals surface area contributed by atoms with E-state index in [1.165, 1.54) is 0 Å². The van der Waals surface area contributed by atoms with Gasteiger partial charge in [-0.3, -0.25) is 4.98 Å². The number of aromatic nitrogens is 2. The Morgan fingerprint density at radius 3 is 2.88 bits per heavy atom. The van der Waals surface area contributed by atoms with Crippen molar-refractivity contribution in [1.82, 2.24) is 15.5 Å². The summed E-state index contributed by atoms with van der Waals surface area (Å²) < 4.78 is 16.7. The number of carbonyl (C=O) groups excluding carboxylic acids is 1. The second-order valence-electron chi connectivity index (χ2n) is 7.58. The Kier molecular flexibility index (Phi) is 6.98.